The van der Waals surface area contributed by atoms with Gasteiger partial charge in [0, 0.05) is 31.4 Å². The van der Waals surface area contributed by atoms with Crippen LogP contribution in [0.15, 0.2) is 12.5 Å². The molecule has 6 heteroatoms. The van der Waals surface area contributed by atoms with Crippen LogP contribution in [0.5, 0.6) is 0 Å². The summed E-state index contributed by atoms with van der Waals surface area (Å²) in [7, 11) is 3.98. The number of nitrogens with one attached hydrogen (secondary N) is 1. The van der Waals surface area contributed by atoms with E-state index in [1.807, 2.05) is 29.5 Å². The van der Waals surface area contributed by atoms with Crippen LogP contribution in [0, 0.1) is 0 Å². The number of fused-ring (bicyclic) bond motifs is 1. The normalized spacial score (nSPS) is 18.9. The Balaban J connectivity index is 1.73. The Labute approximate surface area is 106 Å². The van der Waals surface area contributed by atoms with E-state index in [2.05, 4.69) is 20.6 Å². The van der Waals surface area contributed by atoms with Gasteiger partial charge < -0.3 is 9.88 Å². The van der Waals surface area contributed by atoms with Crippen molar-refractivity contribution in [2.75, 3.05) is 0 Å². The van der Waals surface area contributed by atoms with Crippen LogP contribution in [-0.2, 0) is 27.1 Å². The van der Waals surface area contributed by atoms with Crippen molar-refractivity contribution in [2.24, 2.45) is 14.1 Å². The Morgan fingerprint density at radius 3 is 3.11 bits per heavy atom. The molecule has 1 unspecified atom stereocenters. The quantitative estimate of drug-likeness (QED) is 0.866. The molecule has 0 spiro atoms. The molecule has 0 radical (unpaired) electrons. The molecule has 3 rings (SSSR count). The third kappa shape index (κ3) is 1.92. The summed E-state index contributed by atoms with van der Waals surface area (Å²) in [5.41, 5.74) is 2.70. The van der Waals surface area contributed by atoms with Gasteiger partial charge in [0.2, 0.25) is 0 Å². The lowest BCUT2D eigenvalue weighted by atomic mass is 9.93. The molecule has 2 aromatic rings. The van der Waals surface area contributed by atoms with Crippen molar-refractivity contribution in [1.29, 1.82) is 0 Å². The lowest BCUT2D eigenvalue weighted by molar-refractivity contribution is 0.442. The maximum Gasteiger partial charge on any atom is 0.146 e. The first-order valence-electron chi connectivity index (χ1n) is 6.32. The van der Waals surface area contributed by atoms with E-state index >= 15 is 0 Å². The van der Waals surface area contributed by atoms with Gasteiger partial charge in [0.05, 0.1) is 12.7 Å². The van der Waals surface area contributed by atoms with Crippen molar-refractivity contribution in [3.63, 3.8) is 0 Å². The van der Waals surface area contributed by atoms with Crippen LogP contribution in [0.1, 0.15) is 36.0 Å². The van der Waals surface area contributed by atoms with Crippen LogP contribution < -0.4 is 5.32 Å². The average molecular weight is 246 g/mol. The van der Waals surface area contributed by atoms with Crippen LogP contribution in [-0.4, -0.2) is 24.5 Å². The second kappa shape index (κ2) is 4.53. The molecule has 2 heterocycles. The molecule has 0 saturated heterocycles. The molecule has 0 fully saturated rings. The highest BCUT2D eigenvalue weighted by Crippen LogP contribution is 2.29. The minimum Gasteiger partial charge on any atom is -0.320 e. The van der Waals surface area contributed by atoms with Gasteiger partial charge in [-0.2, -0.15) is 5.10 Å². The van der Waals surface area contributed by atoms with Crippen LogP contribution in [0.4, 0.5) is 0 Å². The Hall–Kier alpha value is -1.69. The van der Waals surface area contributed by atoms with E-state index in [0.29, 0.717) is 6.04 Å². The predicted molar refractivity (Wildman–Crippen MR) is 66.7 cm³/mol. The smallest absolute Gasteiger partial charge is 0.146 e. The monoisotopic (exact) mass is 246 g/mol. The van der Waals surface area contributed by atoms with Crippen molar-refractivity contribution >= 4 is 0 Å². The minimum absolute atomic E-state index is 0.388. The van der Waals surface area contributed by atoms with Crippen molar-refractivity contribution in [3.8, 4) is 0 Å². The van der Waals surface area contributed by atoms with E-state index in [0.717, 1.165) is 25.2 Å². The minimum atomic E-state index is 0.388. The highest BCUT2D eigenvalue weighted by atomic mass is 15.3. The van der Waals surface area contributed by atoms with Crippen LogP contribution in [0.2, 0.25) is 0 Å². The van der Waals surface area contributed by atoms with E-state index in [1.54, 1.807) is 6.33 Å². The lowest BCUT2D eigenvalue weighted by Gasteiger charge is -2.23. The first-order valence-corrected chi connectivity index (χ1v) is 6.32. The first kappa shape index (κ1) is 11.4. The molecule has 1 aliphatic carbocycles. The summed E-state index contributed by atoms with van der Waals surface area (Å²) in [6, 6.07) is 0.388. The van der Waals surface area contributed by atoms with E-state index in [4.69, 9.17) is 0 Å². The summed E-state index contributed by atoms with van der Waals surface area (Å²) in [4.78, 5) is 0. The van der Waals surface area contributed by atoms with Gasteiger partial charge in [0.1, 0.15) is 12.2 Å². The number of nitrogens with zero attached hydrogens (tertiary/aromatic N) is 5. The molecular formula is C12H18N6. The summed E-state index contributed by atoms with van der Waals surface area (Å²) < 4.78 is 3.94. The van der Waals surface area contributed by atoms with Gasteiger partial charge in [-0.25, -0.2) is 0 Å². The van der Waals surface area contributed by atoms with Crippen molar-refractivity contribution in [2.45, 2.75) is 31.8 Å². The van der Waals surface area contributed by atoms with Gasteiger partial charge in [-0.15, -0.1) is 10.2 Å². The van der Waals surface area contributed by atoms with Gasteiger partial charge in [-0.05, 0) is 19.3 Å². The van der Waals surface area contributed by atoms with Crippen molar-refractivity contribution < 1.29 is 0 Å². The molecule has 0 saturated carbocycles. The summed E-state index contributed by atoms with van der Waals surface area (Å²) in [5.74, 6) is 0.964. The lowest BCUT2D eigenvalue weighted by Crippen LogP contribution is -2.26. The SMILES string of the molecule is Cn1cnnc1CNC1CCCc2c1cnn2C. The molecule has 2 aromatic heterocycles. The van der Waals surface area contributed by atoms with Crippen molar-refractivity contribution in [1.82, 2.24) is 29.9 Å². The standard InChI is InChI=1S/C12H18N6/c1-17-8-14-16-12(17)7-13-10-4-3-5-11-9(10)6-15-18(11)2/h6,8,10,13H,3-5,7H2,1-2H3. The fourth-order valence-electron chi connectivity index (χ4n) is 2.60. The Morgan fingerprint density at radius 2 is 2.33 bits per heavy atom. The highest BCUT2D eigenvalue weighted by molar-refractivity contribution is 5.24. The predicted octanol–water partition coefficient (Wildman–Crippen LogP) is 0.716. The number of hydrogen-bond acceptors (Lipinski definition) is 4. The molecule has 6 nitrogen and oxygen atoms in total. The average Bonchev–Trinajstić information content (AvgIpc) is 2.95. The molecule has 0 bridgehead atoms. The maximum atomic E-state index is 4.35. The zero-order valence-corrected chi connectivity index (χ0v) is 10.8. The molecule has 0 aliphatic heterocycles. The number of aromatic nitrogens is 5. The zero-order chi connectivity index (χ0) is 12.5. The molecule has 96 valence electrons. The summed E-state index contributed by atoms with van der Waals surface area (Å²) in [6.45, 7) is 0.746. The van der Waals surface area contributed by atoms with Crippen LogP contribution >= 0.6 is 0 Å². The van der Waals surface area contributed by atoms with Crippen LogP contribution in [0.3, 0.4) is 0 Å². The van der Waals surface area contributed by atoms with E-state index in [1.165, 1.54) is 17.7 Å². The fourth-order valence-corrected chi connectivity index (χ4v) is 2.60. The molecule has 18 heavy (non-hydrogen) atoms. The molecule has 0 amide bonds. The van der Waals surface area contributed by atoms with Gasteiger partial charge >= 0.3 is 0 Å². The third-order valence-electron chi connectivity index (χ3n) is 3.69. The molecule has 1 aliphatic rings. The summed E-state index contributed by atoms with van der Waals surface area (Å²) in [5, 5.41) is 15.9. The third-order valence-corrected chi connectivity index (χ3v) is 3.69. The molecule has 1 N–H and O–H groups in total. The largest absolute Gasteiger partial charge is 0.320 e. The Morgan fingerprint density at radius 1 is 1.44 bits per heavy atom. The van der Waals surface area contributed by atoms with Gasteiger partial charge in [0.15, 0.2) is 0 Å². The van der Waals surface area contributed by atoms with E-state index < -0.39 is 0 Å². The van der Waals surface area contributed by atoms with Gasteiger partial charge in [-0.3, -0.25) is 4.68 Å². The van der Waals surface area contributed by atoms with E-state index in [9.17, 15) is 0 Å². The van der Waals surface area contributed by atoms with Crippen LogP contribution in [0.25, 0.3) is 0 Å². The van der Waals surface area contributed by atoms with E-state index in [-0.39, 0.29) is 0 Å². The molecule has 1 atom stereocenters. The van der Waals surface area contributed by atoms with Gasteiger partial charge in [0.25, 0.3) is 0 Å². The maximum absolute atomic E-state index is 4.35. The summed E-state index contributed by atoms with van der Waals surface area (Å²) >= 11 is 0. The number of rotatable bonds is 3. The fraction of sp³-hybridized carbons (Fsp3) is 0.583. The molecule has 0 aromatic carbocycles. The topological polar surface area (TPSA) is 60.6 Å². The van der Waals surface area contributed by atoms with Crippen molar-refractivity contribution in [3.05, 3.63) is 29.6 Å². The zero-order valence-electron chi connectivity index (χ0n) is 10.8. The highest BCUT2D eigenvalue weighted by Gasteiger charge is 2.23. The first-order chi connectivity index (χ1) is 8.75. The molecular weight excluding hydrogens is 228 g/mol. The Kier molecular flexibility index (Phi) is 2.87. The summed E-state index contributed by atoms with van der Waals surface area (Å²) in [6.07, 6.45) is 7.23. The Bertz CT molecular complexity index is 541. The number of aryl methyl sites for hydroxylation is 2. The second-order valence-corrected chi connectivity index (χ2v) is 4.85. The second-order valence-electron chi connectivity index (χ2n) is 4.85. The van der Waals surface area contributed by atoms with Gasteiger partial charge in [-0.1, -0.05) is 0 Å². The number of hydrogen-bond donors (Lipinski definition) is 1.